The Morgan fingerprint density at radius 1 is 1.42 bits per heavy atom. The van der Waals surface area contributed by atoms with Crippen LogP contribution >= 0.6 is 11.3 Å². The Labute approximate surface area is 145 Å². The number of carboxylic acids is 1. The predicted octanol–water partition coefficient (Wildman–Crippen LogP) is 2.54. The number of carboxylic acid groups (broad SMARTS) is 1. The van der Waals surface area contributed by atoms with E-state index < -0.39 is 5.97 Å². The lowest BCUT2D eigenvalue weighted by Crippen LogP contribution is -2.60. The normalized spacial score (nSPS) is 24.4. The second kappa shape index (κ2) is 5.87. The zero-order valence-corrected chi connectivity index (χ0v) is 15.3. The summed E-state index contributed by atoms with van der Waals surface area (Å²) in [6.07, 6.45) is 2.84. The van der Waals surface area contributed by atoms with Crippen molar-refractivity contribution in [3.63, 3.8) is 0 Å². The third-order valence-electron chi connectivity index (χ3n) is 4.46. The molecular formula is C16H22N4O3S. The van der Waals surface area contributed by atoms with Gasteiger partial charge in [0.15, 0.2) is 0 Å². The van der Waals surface area contributed by atoms with Gasteiger partial charge in [0.25, 0.3) is 5.91 Å². The van der Waals surface area contributed by atoms with Crippen LogP contribution in [0.1, 0.15) is 63.7 Å². The number of nitrogens with zero attached hydrogens (tertiary/aromatic N) is 3. The zero-order valence-electron chi connectivity index (χ0n) is 14.5. The monoisotopic (exact) mass is 350 g/mol. The van der Waals surface area contributed by atoms with E-state index in [1.807, 2.05) is 31.0 Å². The van der Waals surface area contributed by atoms with Crippen molar-refractivity contribution in [3.05, 3.63) is 32.7 Å². The summed E-state index contributed by atoms with van der Waals surface area (Å²) in [5.74, 6) is -1.33. The van der Waals surface area contributed by atoms with E-state index in [2.05, 4.69) is 11.5 Å². The maximum Gasteiger partial charge on any atom is 0.337 e. The Morgan fingerprint density at radius 2 is 2.08 bits per heavy atom. The average molecular weight is 350 g/mol. The highest BCUT2D eigenvalue weighted by molar-refractivity contribution is 7.12. The molecule has 2 aliphatic rings. The SMILES string of the molecule is CCC1c2sc(C)c(C(=O)O)c2C(=O)N(C)N1N1NC(C)C=C1C. The third kappa shape index (κ3) is 2.33. The number of thiophene rings is 1. The van der Waals surface area contributed by atoms with Gasteiger partial charge in [-0.05, 0) is 33.3 Å². The highest BCUT2D eigenvalue weighted by atomic mass is 32.1. The first-order chi connectivity index (χ1) is 11.3. The van der Waals surface area contributed by atoms with E-state index in [1.165, 1.54) is 16.3 Å². The smallest absolute Gasteiger partial charge is 0.337 e. The Bertz CT molecular complexity index is 742. The Kier molecular flexibility index (Phi) is 4.15. The number of carbonyl (C=O) groups is 2. The number of aryl methyl sites for hydroxylation is 1. The quantitative estimate of drug-likeness (QED) is 0.872. The molecule has 0 saturated heterocycles. The van der Waals surface area contributed by atoms with Crippen molar-refractivity contribution in [2.75, 3.05) is 7.05 Å². The van der Waals surface area contributed by atoms with Crippen molar-refractivity contribution >= 4 is 23.2 Å². The summed E-state index contributed by atoms with van der Waals surface area (Å²) >= 11 is 1.40. The lowest BCUT2D eigenvalue weighted by Gasteiger charge is -2.47. The molecule has 1 amide bonds. The number of rotatable bonds is 3. The fourth-order valence-electron chi connectivity index (χ4n) is 3.45. The first kappa shape index (κ1) is 16.9. The molecule has 0 fully saturated rings. The van der Waals surface area contributed by atoms with Gasteiger partial charge < -0.3 is 5.11 Å². The molecule has 0 aliphatic carbocycles. The Balaban J connectivity index is 2.13. The standard InChI is InChI=1S/C16H22N4O3S/c1-6-11-14-13(12(16(22)23)10(4)24-14)15(21)18(5)20(11)19-9(3)7-8(2)17-19/h7-8,11,17H,6H2,1-5H3,(H,22,23). The molecule has 8 heteroatoms. The summed E-state index contributed by atoms with van der Waals surface area (Å²) in [5, 5.41) is 14.8. The molecule has 2 atom stereocenters. The summed E-state index contributed by atoms with van der Waals surface area (Å²) in [7, 11) is 1.69. The van der Waals surface area contributed by atoms with Gasteiger partial charge in [0.2, 0.25) is 0 Å². The van der Waals surface area contributed by atoms with Crippen LogP contribution in [0.3, 0.4) is 0 Å². The molecule has 7 nitrogen and oxygen atoms in total. The van der Waals surface area contributed by atoms with Crippen LogP contribution in [0, 0.1) is 6.92 Å². The topological polar surface area (TPSA) is 76.1 Å². The molecule has 2 N–H and O–H groups in total. The Hall–Kier alpha value is -1.90. The number of amides is 1. The van der Waals surface area contributed by atoms with Crippen LogP contribution in [-0.2, 0) is 0 Å². The summed E-state index contributed by atoms with van der Waals surface area (Å²) in [6.45, 7) is 7.83. The molecule has 3 rings (SSSR count). The van der Waals surface area contributed by atoms with Crippen LogP contribution in [0.2, 0.25) is 0 Å². The summed E-state index contributed by atoms with van der Waals surface area (Å²) in [6, 6.07) is 0.0766. The minimum atomic E-state index is -1.04. The van der Waals surface area contributed by atoms with Crippen LogP contribution < -0.4 is 5.43 Å². The number of aromatic carboxylic acids is 1. The number of fused-ring (bicyclic) bond motifs is 1. The molecule has 0 spiro atoms. The fraction of sp³-hybridized carbons (Fsp3) is 0.500. The Morgan fingerprint density at radius 3 is 2.58 bits per heavy atom. The molecule has 2 unspecified atom stereocenters. The maximum atomic E-state index is 12.9. The molecule has 24 heavy (non-hydrogen) atoms. The van der Waals surface area contributed by atoms with Crippen molar-refractivity contribution in [3.8, 4) is 0 Å². The van der Waals surface area contributed by atoms with Gasteiger partial charge in [0, 0.05) is 28.5 Å². The average Bonchev–Trinajstić information content (AvgIpc) is 3.01. The van der Waals surface area contributed by atoms with Crippen molar-refractivity contribution in [1.29, 1.82) is 0 Å². The number of nitrogens with one attached hydrogen (secondary N) is 1. The predicted molar refractivity (Wildman–Crippen MR) is 91.2 cm³/mol. The second-order valence-corrected chi connectivity index (χ2v) is 7.44. The van der Waals surface area contributed by atoms with Gasteiger partial charge in [-0.1, -0.05) is 6.92 Å². The molecule has 1 aromatic rings. The molecular weight excluding hydrogens is 328 g/mol. The molecule has 3 heterocycles. The van der Waals surface area contributed by atoms with E-state index in [9.17, 15) is 14.7 Å². The van der Waals surface area contributed by atoms with Crippen molar-refractivity contribution in [2.45, 2.75) is 46.2 Å². The summed E-state index contributed by atoms with van der Waals surface area (Å²) in [5.41, 5.74) is 4.81. The lowest BCUT2D eigenvalue weighted by molar-refractivity contribution is -0.188. The number of allylic oxidation sites excluding steroid dienone is 1. The lowest BCUT2D eigenvalue weighted by atomic mass is 10.0. The second-order valence-electron chi connectivity index (χ2n) is 6.19. The maximum absolute atomic E-state index is 12.9. The van der Waals surface area contributed by atoms with E-state index in [0.717, 1.165) is 17.0 Å². The summed E-state index contributed by atoms with van der Waals surface area (Å²) in [4.78, 5) is 26.0. The van der Waals surface area contributed by atoms with E-state index in [4.69, 9.17) is 0 Å². The molecule has 1 aromatic heterocycles. The van der Waals surface area contributed by atoms with Crippen LogP contribution in [0.5, 0.6) is 0 Å². The fourth-order valence-corrected chi connectivity index (χ4v) is 4.76. The molecule has 2 aliphatic heterocycles. The van der Waals surface area contributed by atoms with E-state index >= 15 is 0 Å². The minimum Gasteiger partial charge on any atom is -0.478 e. The third-order valence-corrected chi connectivity index (χ3v) is 5.67. The van der Waals surface area contributed by atoms with Crippen LogP contribution in [0.4, 0.5) is 0 Å². The van der Waals surface area contributed by atoms with E-state index in [1.54, 1.807) is 14.0 Å². The van der Waals surface area contributed by atoms with Gasteiger partial charge in [-0.15, -0.1) is 16.5 Å². The first-order valence-corrected chi connectivity index (χ1v) is 8.77. The zero-order chi connectivity index (χ0) is 17.8. The first-order valence-electron chi connectivity index (χ1n) is 7.96. The molecule has 0 bridgehead atoms. The van der Waals surface area contributed by atoms with Crippen molar-refractivity contribution in [1.82, 2.24) is 20.7 Å². The molecule has 130 valence electrons. The number of hydrogen-bond acceptors (Lipinski definition) is 6. The largest absolute Gasteiger partial charge is 0.478 e. The molecule has 0 saturated carbocycles. The van der Waals surface area contributed by atoms with Crippen molar-refractivity contribution < 1.29 is 14.7 Å². The highest BCUT2D eigenvalue weighted by Gasteiger charge is 2.44. The molecule has 0 aromatic carbocycles. The number of hydrogen-bond donors (Lipinski definition) is 2. The van der Waals surface area contributed by atoms with Gasteiger partial charge in [0.05, 0.1) is 17.2 Å². The van der Waals surface area contributed by atoms with Crippen LogP contribution in [0.15, 0.2) is 11.8 Å². The van der Waals surface area contributed by atoms with Gasteiger partial charge in [-0.3, -0.25) is 9.80 Å². The van der Waals surface area contributed by atoms with Gasteiger partial charge in [-0.2, -0.15) is 0 Å². The number of hydrazine groups is 3. The molecule has 0 radical (unpaired) electrons. The van der Waals surface area contributed by atoms with Crippen LogP contribution in [-0.4, -0.2) is 45.3 Å². The van der Waals surface area contributed by atoms with Gasteiger partial charge >= 0.3 is 5.97 Å². The number of carbonyl (C=O) groups excluding carboxylic acids is 1. The van der Waals surface area contributed by atoms with Gasteiger partial charge in [0.1, 0.15) is 0 Å². The minimum absolute atomic E-state index is 0.0966. The van der Waals surface area contributed by atoms with Gasteiger partial charge in [-0.25, -0.2) is 15.3 Å². The van der Waals surface area contributed by atoms with E-state index in [0.29, 0.717) is 10.4 Å². The van der Waals surface area contributed by atoms with Crippen LogP contribution in [0.25, 0.3) is 0 Å². The van der Waals surface area contributed by atoms with E-state index in [-0.39, 0.29) is 23.6 Å². The van der Waals surface area contributed by atoms with Crippen molar-refractivity contribution in [2.24, 2.45) is 0 Å². The highest BCUT2D eigenvalue weighted by Crippen LogP contribution is 2.43. The summed E-state index contributed by atoms with van der Waals surface area (Å²) < 4.78 is 0.